The van der Waals surface area contributed by atoms with E-state index in [-0.39, 0.29) is 6.40 Å². The maximum atomic E-state index is 7.36. The first kappa shape index (κ1) is 3.90. The molecule has 7 heavy (non-hydrogen) atoms. The van der Waals surface area contributed by atoms with Crippen LogP contribution in [-0.4, -0.2) is 25.0 Å². The first-order chi connectivity index (χ1) is 3.79. The highest BCUT2D eigenvalue weighted by molar-refractivity contribution is 4.58. The highest BCUT2D eigenvalue weighted by Gasteiger charge is 2.02. The van der Waals surface area contributed by atoms with Crippen LogP contribution in [-0.2, 0) is 0 Å². The minimum atomic E-state index is 0.189. The maximum absolute atomic E-state index is 7.36. The normalized spacial score (nSPS) is 37.9. The van der Waals surface area contributed by atoms with Gasteiger partial charge in [-0.3, -0.25) is 0 Å². The highest BCUT2D eigenvalue weighted by Crippen LogP contribution is 2.04. The van der Waals surface area contributed by atoms with Gasteiger partial charge >= 0.3 is 0 Å². The quantitative estimate of drug-likeness (QED) is 0.440. The highest BCUT2D eigenvalue weighted by atomic mass is 15.1. The molecule has 0 aromatic heterocycles. The van der Waals surface area contributed by atoms with E-state index < -0.39 is 0 Å². The van der Waals surface area contributed by atoms with Crippen molar-refractivity contribution in [2.45, 2.75) is 19.2 Å². The van der Waals surface area contributed by atoms with Crippen molar-refractivity contribution >= 4 is 0 Å². The fraction of sp³-hybridized carbons (Fsp3) is 1.00. The zero-order valence-electron chi connectivity index (χ0n) is 5.85. The third kappa shape index (κ3) is 1.48. The summed E-state index contributed by atoms with van der Waals surface area (Å²) in [5.41, 5.74) is 0. The summed E-state index contributed by atoms with van der Waals surface area (Å²) in [7, 11) is 2.08. The number of likely N-dealkylation sites (tertiary alicyclic amines) is 1. The van der Waals surface area contributed by atoms with Crippen LogP contribution in [0.3, 0.4) is 0 Å². The molecular formula is C6H13N. The van der Waals surface area contributed by atoms with E-state index in [4.69, 9.17) is 1.37 Å². The lowest BCUT2D eigenvalue weighted by molar-refractivity contribution is 0.277. The van der Waals surface area contributed by atoms with Crippen molar-refractivity contribution in [2.75, 3.05) is 20.1 Å². The van der Waals surface area contributed by atoms with Gasteiger partial charge in [-0.2, -0.15) is 0 Å². The summed E-state index contributed by atoms with van der Waals surface area (Å²) < 4.78 is 7.36. The second-order valence-corrected chi connectivity index (χ2v) is 2.19. The van der Waals surface area contributed by atoms with Gasteiger partial charge in [0.15, 0.2) is 0 Å². The average Bonchev–Trinajstić information content (AvgIpc) is 1.64. The summed E-state index contributed by atoms with van der Waals surface area (Å²) in [5.74, 6) is 0. The summed E-state index contributed by atoms with van der Waals surface area (Å²) in [6.45, 7) is 2.16. The van der Waals surface area contributed by atoms with Gasteiger partial charge in [0.1, 0.15) is 0 Å². The van der Waals surface area contributed by atoms with Gasteiger partial charge in [0.2, 0.25) is 0 Å². The van der Waals surface area contributed by atoms with Crippen molar-refractivity contribution < 1.29 is 1.37 Å². The third-order valence-corrected chi connectivity index (χ3v) is 1.39. The first-order valence-electron chi connectivity index (χ1n) is 3.47. The number of hydrogen-bond acceptors (Lipinski definition) is 1. The molecule has 0 spiro atoms. The molecule has 1 fully saturated rings. The van der Waals surface area contributed by atoms with E-state index in [9.17, 15) is 0 Å². The molecule has 0 aromatic carbocycles. The van der Waals surface area contributed by atoms with Crippen molar-refractivity contribution in [1.29, 1.82) is 0 Å². The Morgan fingerprint density at radius 3 is 2.71 bits per heavy atom. The summed E-state index contributed by atoms with van der Waals surface area (Å²) in [5, 5.41) is 0. The lowest BCUT2D eigenvalue weighted by atomic mass is 10.1. The molecule has 42 valence electrons. The largest absolute Gasteiger partial charge is 0.306 e. The minimum absolute atomic E-state index is 0.189. The van der Waals surface area contributed by atoms with Crippen LogP contribution in [0.5, 0.6) is 0 Å². The topological polar surface area (TPSA) is 3.24 Å². The smallest absolute Gasteiger partial charge is 0.0280 e. The van der Waals surface area contributed by atoms with E-state index in [2.05, 4.69) is 11.9 Å². The van der Waals surface area contributed by atoms with Crippen LogP contribution in [0.4, 0.5) is 0 Å². The van der Waals surface area contributed by atoms with Crippen molar-refractivity contribution in [3.8, 4) is 0 Å². The summed E-state index contributed by atoms with van der Waals surface area (Å²) in [6.07, 6.45) is 2.50. The van der Waals surface area contributed by atoms with Gasteiger partial charge in [-0.1, -0.05) is 6.42 Å². The molecule has 1 atom stereocenters. The standard InChI is InChI=1S/C6H13N/c1-7-5-3-2-4-6-7/h2-6H2,1H3/i3D/t3-/m0/s1. The van der Waals surface area contributed by atoms with Gasteiger partial charge in [-0.15, -0.1) is 0 Å². The Balaban J connectivity index is 2.23. The van der Waals surface area contributed by atoms with Crippen molar-refractivity contribution in [3.63, 3.8) is 0 Å². The van der Waals surface area contributed by atoms with Crippen LogP contribution in [0.15, 0.2) is 0 Å². The van der Waals surface area contributed by atoms with Crippen molar-refractivity contribution in [3.05, 3.63) is 0 Å². The van der Waals surface area contributed by atoms with E-state index >= 15 is 0 Å². The Labute approximate surface area is 46.7 Å². The predicted molar refractivity (Wildman–Crippen MR) is 31.3 cm³/mol. The Morgan fingerprint density at radius 2 is 2.29 bits per heavy atom. The molecule has 1 saturated heterocycles. The van der Waals surface area contributed by atoms with Gasteiger partial charge in [0.25, 0.3) is 0 Å². The molecule has 0 unspecified atom stereocenters. The first-order valence-corrected chi connectivity index (χ1v) is 2.90. The molecule has 0 saturated carbocycles. The Kier molecular flexibility index (Phi) is 1.29. The zero-order chi connectivity index (χ0) is 5.98. The molecule has 1 heterocycles. The van der Waals surface area contributed by atoms with Gasteiger partial charge in [-0.05, 0) is 33.0 Å². The molecule has 0 bridgehead atoms. The van der Waals surface area contributed by atoms with E-state index in [1.54, 1.807) is 0 Å². The molecule has 1 aliphatic rings. The average molecular weight is 100 g/mol. The SMILES string of the molecule is [2H][C@H]1CCCN(C)C1. The fourth-order valence-electron chi connectivity index (χ4n) is 0.909. The van der Waals surface area contributed by atoms with E-state index in [1.807, 2.05) is 0 Å². The van der Waals surface area contributed by atoms with Crippen LogP contribution in [0.25, 0.3) is 0 Å². The van der Waals surface area contributed by atoms with Gasteiger partial charge in [0.05, 0.1) is 0 Å². The van der Waals surface area contributed by atoms with Crippen LogP contribution < -0.4 is 0 Å². The number of piperidine rings is 1. The number of hydrogen-bond donors (Lipinski definition) is 0. The van der Waals surface area contributed by atoms with Crippen LogP contribution in [0.1, 0.15) is 20.6 Å². The van der Waals surface area contributed by atoms with E-state index in [1.165, 1.54) is 13.0 Å². The number of nitrogens with zero attached hydrogens (tertiary/aromatic N) is 1. The molecule has 1 rings (SSSR count). The predicted octanol–water partition coefficient (Wildman–Crippen LogP) is 1.10. The zero-order valence-corrected chi connectivity index (χ0v) is 4.85. The molecule has 1 heteroatoms. The second kappa shape index (κ2) is 2.31. The Bertz CT molecular complexity index is 66.9. The van der Waals surface area contributed by atoms with E-state index in [0.29, 0.717) is 0 Å². The third-order valence-electron chi connectivity index (χ3n) is 1.39. The molecule has 0 aromatic rings. The van der Waals surface area contributed by atoms with Gasteiger partial charge in [0, 0.05) is 1.37 Å². The van der Waals surface area contributed by atoms with Gasteiger partial charge < -0.3 is 4.90 Å². The monoisotopic (exact) mass is 100 g/mol. The second-order valence-electron chi connectivity index (χ2n) is 2.19. The molecular weight excluding hydrogens is 86.1 g/mol. The van der Waals surface area contributed by atoms with Crippen LogP contribution >= 0.6 is 0 Å². The fourth-order valence-corrected chi connectivity index (χ4v) is 0.909. The Morgan fingerprint density at radius 1 is 1.43 bits per heavy atom. The van der Waals surface area contributed by atoms with Gasteiger partial charge in [-0.25, -0.2) is 0 Å². The summed E-state index contributed by atoms with van der Waals surface area (Å²) >= 11 is 0. The lowest BCUT2D eigenvalue weighted by Crippen LogP contribution is -2.24. The molecule has 0 aliphatic carbocycles. The van der Waals surface area contributed by atoms with Crippen LogP contribution in [0.2, 0.25) is 0 Å². The maximum Gasteiger partial charge on any atom is 0.0280 e. The van der Waals surface area contributed by atoms with Crippen molar-refractivity contribution in [2.24, 2.45) is 0 Å². The molecule has 0 radical (unpaired) electrons. The molecule has 1 nitrogen and oxygen atoms in total. The van der Waals surface area contributed by atoms with Crippen molar-refractivity contribution in [1.82, 2.24) is 4.90 Å². The van der Waals surface area contributed by atoms with Crippen LogP contribution in [0, 0.1) is 0 Å². The lowest BCUT2D eigenvalue weighted by Gasteiger charge is -2.20. The Hall–Kier alpha value is -0.0400. The molecule has 1 aliphatic heterocycles. The summed E-state index contributed by atoms with van der Waals surface area (Å²) in [6, 6.07) is 0. The van der Waals surface area contributed by atoms with E-state index in [0.717, 1.165) is 13.0 Å². The summed E-state index contributed by atoms with van der Waals surface area (Å²) in [4.78, 5) is 2.22. The molecule has 0 N–H and O–H groups in total. The minimum Gasteiger partial charge on any atom is -0.306 e. The number of rotatable bonds is 0. The molecule has 0 amide bonds.